The molecule has 1 aromatic carbocycles. The van der Waals surface area contributed by atoms with Crippen LogP contribution in [-0.4, -0.2) is 21.6 Å². The average Bonchev–Trinajstić information content (AvgIpc) is 2.47. The highest BCUT2D eigenvalue weighted by Gasteiger charge is 2.08. The number of benzene rings is 1. The second-order valence-corrected chi connectivity index (χ2v) is 5.17. The highest BCUT2D eigenvalue weighted by atomic mass is 32.2. The van der Waals surface area contributed by atoms with Gasteiger partial charge in [-0.15, -0.1) is 0 Å². The van der Waals surface area contributed by atoms with Crippen molar-refractivity contribution in [2.45, 2.75) is 30.3 Å². The predicted octanol–water partition coefficient (Wildman–Crippen LogP) is 2.41. The lowest BCUT2D eigenvalue weighted by Crippen LogP contribution is -2.13. The molecule has 0 radical (unpaired) electrons. The van der Waals surface area contributed by atoms with Crippen LogP contribution < -0.4 is 16.0 Å². The molecule has 0 unspecified atom stereocenters. The van der Waals surface area contributed by atoms with Gasteiger partial charge >= 0.3 is 6.01 Å². The molecule has 0 spiro atoms. The summed E-state index contributed by atoms with van der Waals surface area (Å²) in [4.78, 5) is 13.6. The number of ether oxygens (including phenoxy) is 1. The van der Waals surface area contributed by atoms with Gasteiger partial charge in [-0.05, 0) is 37.2 Å². The molecule has 0 fully saturated rings. The highest BCUT2D eigenvalue weighted by Crippen LogP contribution is 2.26. The van der Waals surface area contributed by atoms with Gasteiger partial charge in [-0.1, -0.05) is 24.6 Å². The molecule has 0 aliphatic carbocycles. The van der Waals surface area contributed by atoms with Crippen molar-refractivity contribution in [3.63, 3.8) is 0 Å². The Morgan fingerprint density at radius 1 is 1.20 bits per heavy atom. The lowest BCUT2D eigenvalue weighted by Gasteiger charge is -2.07. The minimum Gasteiger partial charge on any atom is -0.463 e. The van der Waals surface area contributed by atoms with E-state index in [0.29, 0.717) is 17.7 Å². The van der Waals surface area contributed by atoms with Gasteiger partial charge in [-0.25, -0.2) is 5.84 Å². The van der Waals surface area contributed by atoms with E-state index >= 15 is 0 Å². The summed E-state index contributed by atoms with van der Waals surface area (Å²) in [7, 11) is 0. The maximum absolute atomic E-state index is 5.42. The Bertz CT molecular complexity index is 561. The monoisotopic (exact) mass is 291 g/mol. The summed E-state index contributed by atoms with van der Waals surface area (Å²) < 4.78 is 5.42. The summed E-state index contributed by atoms with van der Waals surface area (Å²) in [6.45, 7) is 4.62. The van der Waals surface area contributed by atoms with Gasteiger partial charge in [-0.2, -0.15) is 15.0 Å². The van der Waals surface area contributed by atoms with E-state index in [9.17, 15) is 0 Å². The number of aryl methyl sites for hydroxylation is 1. The Labute approximate surface area is 122 Å². The molecule has 1 aromatic heterocycles. The molecular weight excluding hydrogens is 274 g/mol. The molecule has 7 heteroatoms. The van der Waals surface area contributed by atoms with E-state index in [0.717, 1.165) is 11.3 Å². The van der Waals surface area contributed by atoms with E-state index in [4.69, 9.17) is 10.6 Å². The summed E-state index contributed by atoms with van der Waals surface area (Å²) in [5.41, 5.74) is 3.63. The van der Waals surface area contributed by atoms with Gasteiger partial charge in [0.05, 0.1) is 6.61 Å². The number of hydrogen-bond acceptors (Lipinski definition) is 7. The highest BCUT2D eigenvalue weighted by molar-refractivity contribution is 7.99. The Morgan fingerprint density at radius 2 is 1.95 bits per heavy atom. The first kappa shape index (κ1) is 14.5. The van der Waals surface area contributed by atoms with E-state index in [-0.39, 0.29) is 6.01 Å². The molecule has 0 saturated heterocycles. The summed E-state index contributed by atoms with van der Waals surface area (Å²) in [6, 6.07) is 8.40. The molecular formula is C13H17N5OS. The Morgan fingerprint density at radius 3 is 2.60 bits per heavy atom. The van der Waals surface area contributed by atoms with Crippen LogP contribution in [0.3, 0.4) is 0 Å². The number of nitrogen functional groups attached to an aromatic ring is 1. The van der Waals surface area contributed by atoms with E-state index in [1.807, 2.05) is 38.1 Å². The Hall–Kier alpha value is -1.86. The predicted molar refractivity (Wildman–Crippen MR) is 78.7 cm³/mol. The minimum atomic E-state index is 0.282. The van der Waals surface area contributed by atoms with Gasteiger partial charge in [0, 0.05) is 4.90 Å². The molecule has 0 aliphatic rings. The van der Waals surface area contributed by atoms with E-state index < -0.39 is 0 Å². The molecule has 0 bridgehead atoms. The molecule has 3 N–H and O–H groups in total. The first-order valence-electron chi connectivity index (χ1n) is 6.31. The summed E-state index contributed by atoms with van der Waals surface area (Å²) in [5, 5.41) is 0.544. The molecule has 6 nitrogen and oxygen atoms in total. The van der Waals surface area contributed by atoms with Crippen LogP contribution in [0.25, 0.3) is 0 Å². The van der Waals surface area contributed by atoms with E-state index in [1.54, 1.807) is 0 Å². The Balaban J connectivity index is 2.19. The third-order valence-corrected chi connectivity index (χ3v) is 3.26. The lowest BCUT2D eigenvalue weighted by molar-refractivity contribution is 0.288. The topological polar surface area (TPSA) is 86.0 Å². The zero-order valence-corrected chi connectivity index (χ0v) is 12.3. The third-order valence-electron chi connectivity index (χ3n) is 2.39. The number of aromatic nitrogens is 3. The van der Waals surface area contributed by atoms with Crippen LogP contribution >= 0.6 is 11.8 Å². The number of nitrogens with two attached hydrogens (primary N) is 1. The van der Waals surface area contributed by atoms with Gasteiger partial charge in [0.15, 0.2) is 0 Å². The quantitative estimate of drug-likeness (QED) is 0.624. The van der Waals surface area contributed by atoms with Crippen LogP contribution in [0.15, 0.2) is 34.3 Å². The average molecular weight is 291 g/mol. The van der Waals surface area contributed by atoms with Crippen molar-refractivity contribution in [2.75, 3.05) is 12.0 Å². The fraction of sp³-hybridized carbons (Fsp3) is 0.308. The zero-order valence-electron chi connectivity index (χ0n) is 11.5. The molecule has 0 atom stereocenters. The fourth-order valence-electron chi connectivity index (χ4n) is 1.42. The smallest absolute Gasteiger partial charge is 0.322 e. The van der Waals surface area contributed by atoms with Crippen molar-refractivity contribution in [2.24, 2.45) is 5.84 Å². The number of nitrogens with zero attached hydrogens (tertiary/aromatic N) is 3. The maximum atomic E-state index is 5.42. The standard InChI is InChI=1S/C13H17N5OS/c1-3-8-19-12-15-11(18-14)16-13(17-12)20-10-6-4-9(2)5-7-10/h4-7H,3,8,14H2,1-2H3,(H,15,16,17,18). The van der Waals surface area contributed by atoms with E-state index in [2.05, 4.69) is 20.4 Å². The molecule has 2 aromatic rings. The molecule has 20 heavy (non-hydrogen) atoms. The summed E-state index contributed by atoms with van der Waals surface area (Å²) in [6.07, 6.45) is 0.886. The molecule has 0 saturated carbocycles. The number of rotatable bonds is 6. The lowest BCUT2D eigenvalue weighted by atomic mass is 10.2. The normalized spacial score (nSPS) is 10.3. The van der Waals surface area contributed by atoms with Crippen LogP contribution in [0, 0.1) is 6.92 Å². The minimum absolute atomic E-state index is 0.282. The van der Waals surface area contributed by atoms with Crippen molar-refractivity contribution < 1.29 is 4.74 Å². The number of hydrazine groups is 1. The van der Waals surface area contributed by atoms with Gasteiger partial charge in [-0.3, -0.25) is 5.43 Å². The van der Waals surface area contributed by atoms with Crippen LogP contribution in [-0.2, 0) is 0 Å². The summed E-state index contributed by atoms with van der Waals surface area (Å²) in [5.74, 6) is 5.65. The maximum Gasteiger partial charge on any atom is 0.322 e. The van der Waals surface area contributed by atoms with Crippen molar-refractivity contribution in [3.8, 4) is 6.01 Å². The molecule has 2 rings (SSSR count). The van der Waals surface area contributed by atoms with Gasteiger partial charge in [0.25, 0.3) is 0 Å². The Kier molecular flexibility index (Phi) is 5.14. The van der Waals surface area contributed by atoms with Crippen molar-refractivity contribution in [3.05, 3.63) is 29.8 Å². The third kappa shape index (κ3) is 4.07. The van der Waals surface area contributed by atoms with Crippen molar-refractivity contribution in [1.82, 2.24) is 15.0 Å². The van der Waals surface area contributed by atoms with Gasteiger partial charge < -0.3 is 4.74 Å². The molecule has 0 amide bonds. The van der Waals surface area contributed by atoms with Crippen LogP contribution in [0.4, 0.5) is 5.95 Å². The number of nitrogens with one attached hydrogen (secondary N) is 1. The second-order valence-electron chi connectivity index (χ2n) is 4.13. The largest absolute Gasteiger partial charge is 0.463 e. The molecule has 106 valence electrons. The number of hydrogen-bond donors (Lipinski definition) is 2. The first-order valence-corrected chi connectivity index (χ1v) is 7.13. The molecule has 1 heterocycles. The van der Waals surface area contributed by atoms with Gasteiger partial charge in [0.1, 0.15) is 0 Å². The van der Waals surface area contributed by atoms with E-state index in [1.165, 1.54) is 17.3 Å². The SMILES string of the molecule is CCCOc1nc(NN)nc(Sc2ccc(C)cc2)n1. The van der Waals surface area contributed by atoms with Crippen molar-refractivity contribution in [1.29, 1.82) is 0 Å². The van der Waals surface area contributed by atoms with Gasteiger partial charge in [0.2, 0.25) is 11.1 Å². The fourth-order valence-corrected chi connectivity index (χ4v) is 2.16. The second kappa shape index (κ2) is 7.06. The van der Waals surface area contributed by atoms with Crippen molar-refractivity contribution >= 4 is 17.7 Å². The number of anilines is 1. The van der Waals surface area contributed by atoms with Crippen LogP contribution in [0.1, 0.15) is 18.9 Å². The first-order chi connectivity index (χ1) is 9.71. The summed E-state index contributed by atoms with van der Waals surface area (Å²) >= 11 is 1.44. The van der Waals surface area contributed by atoms with Crippen LogP contribution in [0.2, 0.25) is 0 Å². The van der Waals surface area contributed by atoms with Crippen LogP contribution in [0.5, 0.6) is 6.01 Å². The molecule has 0 aliphatic heterocycles. The zero-order chi connectivity index (χ0) is 14.4.